The summed E-state index contributed by atoms with van der Waals surface area (Å²) in [6.07, 6.45) is 0. The number of nitrogens with two attached hydrogens (primary N) is 1. The van der Waals surface area contributed by atoms with Crippen LogP contribution in [0.3, 0.4) is 0 Å². The van der Waals surface area contributed by atoms with Crippen LogP contribution in [0.15, 0.2) is 22.5 Å². The lowest BCUT2D eigenvalue weighted by atomic mass is 10.2. The van der Waals surface area contributed by atoms with E-state index in [-0.39, 0.29) is 5.69 Å². The number of nitrogen functional groups attached to an aromatic ring is 1. The maximum atomic E-state index is 10.6. The second kappa shape index (κ2) is 5.51. The number of non-ortho nitro benzene ring substituents is 1. The third-order valence-corrected chi connectivity index (χ3v) is 4.31. The van der Waals surface area contributed by atoms with Crippen LogP contribution in [0.4, 0.5) is 10.8 Å². The number of hydrogen-bond acceptors (Lipinski definition) is 7. The fourth-order valence-corrected chi connectivity index (χ4v) is 3.15. The third kappa shape index (κ3) is 3.09. The summed E-state index contributed by atoms with van der Waals surface area (Å²) in [6.45, 7) is 0. The summed E-state index contributed by atoms with van der Waals surface area (Å²) < 4.78 is 0.738. The molecule has 0 atom stereocenters. The van der Waals surface area contributed by atoms with Gasteiger partial charge < -0.3 is 5.73 Å². The largest absolute Gasteiger partial charge is 0.374 e. The van der Waals surface area contributed by atoms with Gasteiger partial charge >= 0.3 is 0 Å². The zero-order valence-electron chi connectivity index (χ0n) is 8.87. The number of nitro benzene ring substituents is 1. The Bertz CT molecular complexity index is 590. The van der Waals surface area contributed by atoms with Crippen molar-refractivity contribution in [3.8, 4) is 0 Å². The number of rotatable bonds is 4. The minimum atomic E-state index is -0.478. The Morgan fingerprint density at radius 3 is 2.83 bits per heavy atom. The highest BCUT2D eigenvalue weighted by molar-refractivity contribution is 8.00. The molecule has 0 radical (unpaired) electrons. The Morgan fingerprint density at radius 1 is 1.50 bits per heavy atom. The first-order chi connectivity index (χ1) is 8.56. The van der Waals surface area contributed by atoms with E-state index in [1.165, 1.54) is 35.2 Å². The van der Waals surface area contributed by atoms with Gasteiger partial charge in [0.05, 0.1) is 9.95 Å². The maximum absolute atomic E-state index is 10.6. The summed E-state index contributed by atoms with van der Waals surface area (Å²) in [5.41, 5.74) is 6.25. The number of nitro groups is 1. The molecule has 0 saturated heterocycles. The van der Waals surface area contributed by atoms with Gasteiger partial charge in [0, 0.05) is 17.9 Å². The molecule has 0 aliphatic carbocycles. The highest BCUT2D eigenvalue weighted by atomic mass is 35.5. The fourth-order valence-electron chi connectivity index (χ4n) is 1.19. The molecule has 0 amide bonds. The van der Waals surface area contributed by atoms with Crippen molar-refractivity contribution >= 4 is 45.5 Å². The Kier molecular flexibility index (Phi) is 4.00. The van der Waals surface area contributed by atoms with Crippen LogP contribution in [-0.2, 0) is 5.75 Å². The molecule has 0 aliphatic heterocycles. The molecule has 0 unspecified atom stereocenters. The van der Waals surface area contributed by atoms with Crippen LogP contribution >= 0.6 is 34.7 Å². The number of aromatic nitrogens is 2. The predicted molar refractivity (Wildman–Crippen MR) is 72.0 cm³/mol. The smallest absolute Gasteiger partial charge is 0.270 e. The molecule has 0 bridgehead atoms. The maximum Gasteiger partial charge on any atom is 0.270 e. The van der Waals surface area contributed by atoms with E-state index in [1.807, 2.05) is 0 Å². The molecule has 6 nitrogen and oxygen atoms in total. The van der Waals surface area contributed by atoms with Crippen molar-refractivity contribution in [2.45, 2.75) is 10.1 Å². The minimum Gasteiger partial charge on any atom is -0.374 e. The topological polar surface area (TPSA) is 94.9 Å². The Morgan fingerprint density at radius 2 is 2.28 bits per heavy atom. The summed E-state index contributed by atoms with van der Waals surface area (Å²) in [5, 5.41) is 18.9. The third-order valence-electron chi connectivity index (χ3n) is 2.02. The summed E-state index contributed by atoms with van der Waals surface area (Å²) in [5.74, 6) is 0.561. The highest BCUT2D eigenvalue weighted by Crippen LogP contribution is 2.31. The van der Waals surface area contributed by atoms with Gasteiger partial charge in [-0.3, -0.25) is 10.1 Å². The van der Waals surface area contributed by atoms with Crippen LogP contribution in [0.5, 0.6) is 0 Å². The number of nitrogens with zero attached hydrogens (tertiary/aromatic N) is 3. The molecule has 9 heteroatoms. The lowest BCUT2D eigenvalue weighted by Gasteiger charge is -2.01. The lowest BCUT2D eigenvalue weighted by Crippen LogP contribution is -1.90. The summed E-state index contributed by atoms with van der Waals surface area (Å²) in [6, 6.07) is 4.40. The zero-order chi connectivity index (χ0) is 13.1. The van der Waals surface area contributed by atoms with Gasteiger partial charge in [0.15, 0.2) is 4.34 Å². The van der Waals surface area contributed by atoms with E-state index in [1.54, 1.807) is 6.07 Å². The van der Waals surface area contributed by atoms with Gasteiger partial charge in [0.1, 0.15) is 0 Å². The van der Waals surface area contributed by atoms with Gasteiger partial charge in [-0.25, -0.2) is 0 Å². The van der Waals surface area contributed by atoms with Gasteiger partial charge in [0.25, 0.3) is 5.69 Å². The van der Waals surface area contributed by atoms with E-state index in [2.05, 4.69) is 10.2 Å². The van der Waals surface area contributed by atoms with Crippen LogP contribution in [0, 0.1) is 10.1 Å². The van der Waals surface area contributed by atoms with Crippen LogP contribution in [0.1, 0.15) is 5.56 Å². The van der Waals surface area contributed by atoms with Gasteiger partial charge in [-0.05, 0) is 11.6 Å². The molecule has 1 aromatic carbocycles. The SMILES string of the molecule is Nc1nnc(SCc2ccc([N+](=O)[O-])cc2Cl)s1. The van der Waals surface area contributed by atoms with E-state index in [4.69, 9.17) is 17.3 Å². The number of thioether (sulfide) groups is 1. The second-order valence-electron chi connectivity index (χ2n) is 3.23. The van der Waals surface area contributed by atoms with Gasteiger partial charge in [-0.2, -0.15) is 0 Å². The summed E-state index contributed by atoms with van der Waals surface area (Å²) in [7, 11) is 0. The van der Waals surface area contributed by atoms with Crippen molar-refractivity contribution in [3.05, 3.63) is 38.9 Å². The van der Waals surface area contributed by atoms with Crippen LogP contribution in [0.25, 0.3) is 0 Å². The molecule has 94 valence electrons. The molecule has 1 aromatic heterocycles. The van der Waals surface area contributed by atoms with Crippen molar-refractivity contribution in [3.63, 3.8) is 0 Å². The monoisotopic (exact) mass is 302 g/mol. The van der Waals surface area contributed by atoms with Gasteiger partial charge in [0.2, 0.25) is 5.13 Å². The van der Waals surface area contributed by atoms with E-state index < -0.39 is 4.92 Å². The summed E-state index contributed by atoms with van der Waals surface area (Å²) in [4.78, 5) is 10.1. The first-order valence-electron chi connectivity index (χ1n) is 4.71. The average Bonchev–Trinajstić information content (AvgIpc) is 2.73. The van der Waals surface area contributed by atoms with Gasteiger partial charge in [-0.15, -0.1) is 10.2 Å². The van der Waals surface area contributed by atoms with E-state index in [0.717, 1.165) is 9.90 Å². The first-order valence-corrected chi connectivity index (χ1v) is 6.89. The summed E-state index contributed by atoms with van der Waals surface area (Å²) >= 11 is 8.69. The molecule has 0 spiro atoms. The lowest BCUT2D eigenvalue weighted by molar-refractivity contribution is -0.384. The van der Waals surface area contributed by atoms with Gasteiger partial charge in [-0.1, -0.05) is 34.7 Å². The van der Waals surface area contributed by atoms with E-state index in [9.17, 15) is 10.1 Å². The minimum absolute atomic E-state index is 0.0195. The van der Waals surface area contributed by atoms with E-state index >= 15 is 0 Å². The Labute approximate surface area is 115 Å². The normalized spacial score (nSPS) is 10.5. The molecular formula is C9H7ClN4O2S2. The molecule has 2 N–H and O–H groups in total. The molecule has 1 heterocycles. The zero-order valence-corrected chi connectivity index (χ0v) is 11.3. The van der Waals surface area contributed by atoms with Crippen LogP contribution in [0.2, 0.25) is 5.02 Å². The molecule has 0 aliphatic rings. The quantitative estimate of drug-likeness (QED) is 0.530. The number of halogens is 1. The molecule has 2 aromatic rings. The van der Waals surface area contributed by atoms with Crippen molar-refractivity contribution < 1.29 is 4.92 Å². The van der Waals surface area contributed by atoms with Crippen molar-refractivity contribution in [1.29, 1.82) is 0 Å². The second-order valence-corrected chi connectivity index (χ2v) is 5.87. The number of benzene rings is 1. The Balaban J connectivity index is 2.08. The first kappa shape index (κ1) is 13.1. The van der Waals surface area contributed by atoms with Crippen LogP contribution < -0.4 is 5.73 Å². The average molecular weight is 303 g/mol. The highest BCUT2D eigenvalue weighted by Gasteiger charge is 2.10. The molecule has 0 saturated carbocycles. The predicted octanol–water partition coefficient (Wildman–Crippen LogP) is 2.97. The Hall–Kier alpha value is -1.38. The van der Waals surface area contributed by atoms with Crippen molar-refractivity contribution in [2.24, 2.45) is 0 Å². The van der Waals surface area contributed by atoms with Crippen LogP contribution in [-0.4, -0.2) is 15.1 Å². The molecule has 0 fully saturated rings. The molecule has 2 rings (SSSR count). The molecular weight excluding hydrogens is 296 g/mol. The standard InChI is InChI=1S/C9H7ClN4O2S2/c10-7-3-6(14(15)16)2-1-5(7)4-17-9-13-12-8(11)18-9/h1-3H,4H2,(H2,11,12). The van der Waals surface area contributed by atoms with E-state index in [0.29, 0.717) is 15.9 Å². The fraction of sp³-hybridized carbons (Fsp3) is 0.111. The van der Waals surface area contributed by atoms with Crippen molar-refractivity contribution in [1.82, 2.24) is 10.2 Å². The number of hydrogen-bond donors (Lipinski definition) is 1. The molecule has 18 heavy (non-hydrogen) atoms. The van der Waals surface area contributed by atoms with Crippen molar-refractivity contribution in [2.75, 3.05) is 5.73 Å². The number of anilines is 1.